The summed E-state index contributed by atoms with van der Waals surface area (Å²) in [5.74, 6) is 0. The van der Waals surface area contributed by atoms with E-state index >= 15 is 0 Å². The number of rotatable bonds is 5. The summed E-state index contributed by atoms with van der Waals surface area (Å²) in [6, 6.07) is 11.1. The lowest BCUT2D eigenvalue weighted by Gasteiger charge is -2.02. The fourth-order valence-electron chi connectivity index (χ4n) is 1.52. The second-order valence-electron chi connectivity index (χ2n) is 4.16. The summed E-state index contributed by atoms with van der Waals surface area (Å²) in [5.41, 5.74) is 0.472. The lowest BCUT2D eigenvalue weighted by atomic mass is 10.2. The van der Waals surface area contributed by atoms with Crippen molar-refractivity contribution in [2.45, 2.75) is 4.90 Å². The molecule has 22 heavy (non-hydrogen) atoms. The quantitative estimate of drug-likeness (QED) is 0.513. The molecule has 7 nitrogen and oxygen atoms in total. The monoisotopic (exact) mass is 339 g/mol. The molecule has 0 amide bonds. The molecule has 0 aromatic heterocycles. The van der Waals surface area contributed by atoms with Crippen LogP contribution in [0, 0.1) is 10.1 Å². The molecule has 0 bridgehead atoms. The van der Waals surface area contributed by atoms with Gasteiger partial charge in [-0.1, -0.05) is 23.7 Å². The predicted octanol–water partition coefficient (Wildman–Crippen LogP) is 2.56. The second kappa shape index (κ2) is 6.54. The van der Waals surface area contributed by atoms with Crippen LogP contribution in [0.5, 0.6) is 0 Å². The van der Waals surface area contributed by atoms with Crippen molar-refractivity contribution in [2.24, 2.45) is 5.10 Å². The number of nitro groups is 1. The normalized spacial score (nSPS) is 11.5. The molecular formula is C13H10ClN3O4S. The summed E-state index contributed by atoms with van der Waals surface area (Å²) in [5, 5.41) is 14.7. The van der Waals surface area contributed by atoms with Crippen LogP contribution >= 0.6 is 11.6 Å². The maximum Gasteiger partial charge on any atom is 0.276 e. The number of sulfonamides is 1. The van der Waals surface area contributed by atoms with Gasteiger partial charge in [0.2, 0.25) is 0 Å². The third-order valence-corrected chi connectivity index (χ3v) is 4.10. The molecule has 2 rings (SSSR count). The minimum atomic E-state index is -3.88. The molecule has 0 fully saturated rings. The maximum atomic E-state index is 11.9. The summed E-state index contributed by atoms with van der Waals surface area (Å²) < 4.78 is 23.9. The van der Waals surface area contributed by atoms with E-state index in [0.717, 1.165) is 24.3 Å². The predicted molar refractivity (Wildman–Crippen MR) is 82.5 cm³/mol. The average Bonchev–Trinajstić information content (AvgIpc) is 2.49. The highest BCUT2D eigenvalue weighted by Gasteiger charge is 2.14. The molecule has 9 heteroatoms. The fourth-order valence-corrected chi connectivity index (χ4v) is 2.44. The number of hydrazone groups is 1. The van der Waals surface area contributed by atoms with Crippen LogP contribution in [-0.2, 0) is 10.0 Å². The maximum absolute atomic E-state index is 11.9. The minimum absolute atomic E-state index is 0.119. The van der Waals surface area contributed by atoms with Gasteiger partial charge in [0.05, 0.1) is 16.0 Å². The zero-order chi connectivity index (χ0) is 16.2. The Hall–Kier alpha value is -2.45. The van der Waals surface area contributed by atoms with Gasteiger partial charge in [-0.15, -0.1) is 0 Å². The van der Waals surface area contributed by atoms with Gasteiger partial charge in [-0.3, -0.25) is 10.1 Å². The number of nitrogens with zero attached hydrogens (tertiary/aromatic N) is 2. The van der Waals surface area contributed by atoms with Crippen molar-refractivity contribution in [3.63, 3.8) is 0 Å². The third-order valence-electron chi connectivity index (χ3n) is 2.61. The van der Waals surface area contributed by atoms with Crippen molar-refractivity contribution in [1.29, 1.82) is 0 Å². The van der Waals surface area contributed by atoms with Crippen molar-refractivity contribution in [3.05, 3.63) is 69.2 Å². The van der Waals surface area contributed by atoms with Crippen LogP contribution < -0.4 is 4.83 Å². The summed E-state index contributed by atoms with van der Waals surface area (Å²) >= 11 is 5.73. The summed E-state index contributed by atoms with van der Waals surface area (Å²) in [6.45, 7) is 0. The molecule has 2 aromatic rings. The Bertz CT molecular complexity index is 802. The Balaban J connectivity index is 2.10. The van der Waals surface area contributed by atoms with Crippen LogP contribution in [-0.4, -0.2) is 19.6 Å². The molecule has 0 saturated carbocycles. The fraction of sp³-hybridized carbons (Fsp3) is 0. The molecule has 1 N–H and O–H groups in total. The van der Waals surface area contributed by atoms with Gasteiger partial charge in [-0.25, -0.2) is 4.83 Å². The van der Waals surface area contributed by atoms with E-state index in [-0.39, 0.29) is 10.6 Å². The van der Waals surface area contributed by atoms with Gasteiger partial charge in [0.15, 0.2) is 0 Å². The number of benzene rings is 2. The van der Waals surface area contributed by atoms with E-state index in [1.165, 1.54) is 6.21 Å². The molecule has 2 aromatic carbocycles. The molecule has 0 unspecified atom stereocenters. The van der Waals surface area contributed by atoms with E-state index in [4.69, 9.17) is 11.6 Å². The van der Waals surface area contributed by atoms with Crippen molar-refractivity contribution in [3.8, 4) is 0 Å². The highest BCUT2D eigenvalue weighted by molar-refractivity contribution is 7.89. The van der Waals surface area contributed by atoms with Gasteiger partial charge in [0.25, 0.3) is 15.7 Å². The molecule has 114 valence electrons. The van der Waals surface area contributed by atoms with Gasteiger partial charge in [-0.05, 0) is 29.8 Å². The Morgan fingerprint density at radius 3 is 2.23 bits per heavy atom. The van der Waals surface area contributed by atoms with E-state index in [9.17, 15) is 18.5 Å². The number of hydrogen-bond acceptors (Lipinski definition) is 5. The Morgan fingerprint density at radius 1 is 1.09 bits per heavy atom. The van der Waals surface area contributed by atoms with Gasteiger partial charge in [0.1, 0.15) is 0 Å². The number of nitro benzene ring substituents is 1. The standard InChI is InChI=1S/C13H10ClN3O4S/c14-11-3-1-10(2-4-11)9-15-16-22(20,21)13-7-5-12(6-8-13)17(18)19/h1-9,16H/b15-9+. The van der Waals surface area contributed by atoms with Crippen molar-refractivity contribution in [2.75, 3.05) is 0 Å². The van der Waals surface area contributed by atoms with Crippen LogP contribution in [0.15, 0.2) is 58.5 Å². The third kappa shape index (κ3) is 4.03. The minimum Gasteiger partial charge on any atom is -0.258 e. The van der Waals surface area contributed by atoms with Crippen molar-refractivity contribution >= 4 is 33.5 Å². The first-order valence-corrected chi connectivity index (χ1v) is 7.79. The topological polar surface area (TPSA) is 102 Å². The van der Waals surface area contributed by atoms with Crippen LogP contribution in [0.25, 0.3) is 0 Å². The SMILES string of the molecule is O=[N+]([O-])c1ccc(S(=O)(=O)N/N=C/c2ccc(Cl)cc2)cc1. The second-order valence-corrected chi connectivity index (χ2v) is 6.25. The van der Waals surface area contributed by atoms with E-state index in [1.54, 1.807) is 24.3 Å². The van der Waals surface area contributed by atoms with Crippen molar-refractivity contribution in [1.82, 2.24) is 4.83 Å². The Kier molecular flexibility index (Phi) is 4.74. The van der Waals surface area contributed by atoms with Crippen LogP contribution in [0.1, 0.15) is 5.56 Å². The first kappa shape index (κ1) is 15.9. The van der Waals surface area contributed by atoms with E-state index in [0.29, 0.717) is 10.6 Å². The van der Waals surface area contributed by atoms with E-state index in [2.05, 4.69) is 5.10 Å². The first-order chi connectivity index (χ1) is 10.4. The number of hydrogen-bond donors (Lipinski definition) is 1. The molecule has 0 aliphatic heterocycles. The van der Waals surface area contributed by atoms with Gasteiger partial charge in [0, 0.05) is 17.2 Å². The lowest BCUT2D eigenvalue weighted by molar-refractivity contribution is -0.384. The molecule has 0 aliphatic rings. The number of nitrogens with one attached hydrogen (secondary N) is 1. The van der Waals surface area contributed by atoms with Gasteiger partial charge < -0.3 is 0 Å². The van der Waals surface area contributed by atoms with Crippen LogP contribution in [0.2, 0.25) is 5.02 Å². The number of halogens is 1. The average molecular weight is 340 g/mol. The van der Waals surface area contributed by atoms with Gasteiger partial charge >= 0.3 is 0 Å². The van der Waals surface area contributed by atoms with E-state index in [1.807, 2.05) is 4.83 Å². The van der Waals surface area contributed by atoms with Crippen LogP contribution in [0.3, 0.4) is 0 Å². The molecule has 0 heterocycles. The van der Waals surface area contributed by atoms with Gasteiger partial charge in [-0.2, -0.15) is 13.5 Å². The smallest absolute Gasteiger partial charge is 0.258 e. The summed E-state index contributed by atoms with van der Waals surface area (Å²) in [6.07, 6.45) is 1.32. The van der Waals surface area contributed by atoms with E-state index < -0.39 is 14.9 Å². The zero-order valence-electron chi connectivity index (χ0n) is 11.0. The Labute approximate surface area is 131 Å². The molecule has 0 spiro atoms. The highest BCUT2D eigenvalue weighted by Crippen LogP contribution is 2.15. The largest absolute Gasteiger partial charge is 0.276 e. The highest BCUT2D eigenvalue weighted by atomic mass is 35.5. The summed E-state index contributed by atoms with van der Waals surface area (Å²) in [4.78, 5) is 11.8. The lowest BCUT2D eigenvalue weighted by Crippen LogP contribution is -2.18. The zero-order valence-corrected chi connectivity index (χ0v) is 12.6. The number of non-ortho nitro benzene ring substituents is 1. The first-order valence-electron chi connectivity index (χ1n) is 5.93. The molecule has 0 aliphatic carbocycles. The molecule has 0 saturated heterocycles. The van der Waals surface area contributed by atoms with Crippen LogP contribution in [0.4, 0.5) is 5.69 Å². The molecule has 0 radical (unpaired) electrons. The van der Waals surface area contributed by atoms with Crippen molar-refractivity contribution < 1.29 is 13.3 Å². The molecule has 0 atom stereocenters. The molecular weight excluding hydrogens is 330 g/mol. The Morgan fingerprint density at radius 2 is 1.68 bits per heavy atom. The summed E-state index contributed by atoms with van der Waals surface area (Å²) in [7, 11) is -3.88.